The molecule has 0 N–H and O–H groups in total. The van der Waals surface area contributed by atoms with Crippen molar-refractivity contribution in [3.8, 4) is 5.75 Å². The zero-order valence-corrected chi connectivity index (χ0v) is 15.2. The third kappa shape index (κ3) is 3.24. The molecule has 0 saturated carbocycles. The standard InChI is InChI=1S/C17H10Cl2N2O6/c1-8(17(24)27-13-6-5-9(18)7-11(13)19)20-15(22)10-3-2-4-12(21(25)26)14(10)16(20)23/h2-8H,1H3/t8-/m0/s1. The second-order valence-electron chi connectivity index (χ2n) is 5.61. The number of fused-ring (bicyclic) bond motifs is 1. The monoisotopic (exact) mass is 408 g/mol. The minimum atomic E-state index is -1.33. The first kappa shape index (κ1) is 18.8. The first-order valence-electron chi connectivity index (χ1n) is 7.54. The van der Waals surface area contributed by atoms with Crippen LogP contribution in [0.2, 0.25) is 10.0 Å². The van der Waals surface area contributed by atoms with Crippen LogP contribution >= 0.6 is 23.2 Å². The van der Waals surface area contributed by atoms with Gasteiger partial charge in [-0.05, 0) is 31.2 Å². The summed E-state index contributed by atoms with van der Waals surface area (Å²) in [7, 11) is 0. The number of hydrogen-bond donors (Lipinski definition) is 0. The molecule has 1 aliphatic rings. The maximum absolute atomic E-state index is 12.6. The molecular formula is C17H10Cl2N2O6. The molecule has 3 rings (SSSR count). The minimum Gasteiger partial charge on any atom is -0.423 e. The number of nitrogens with zero attached hydrogens (tertiary/aromatic N) is 2. The lowest BCUT2D eigenvalue weighted by atomic mass is 10.1. The van der Waals surface area contributed by atoms with Crippen LogP contribution in [0.4, 0.5) is 5.69 Å². The topological polar surface area (TPSA) is 107 Å². The summed E-state index contributed by atoms with van der Waals surface area (Å²) in [5.41, 5.74) is -0.996. The van der Waals surface area contributed by atoms with Crippen LogP contribution in [0, 0.1) is 10.1 Å². The number of nitro benzene ring substituents is 1. The van der Waals surface area contributed by atoms with E-state index in [1.54, 1.807) is 0 Å². The van der Waals surface area contributed by atoms with Crippen LogP contribution < -0.4 is 4.74 Å². The second-order valence-corrected chi connectivity index (χ2v) is 6.45. The fourth-order valence-electron chi connectivity index (χ4n) is 2.65. The number of carbonyl (C=O) groups excluding carboxylic acids is 3. The third-order valence-electron chi connectivity index (χ3n) is 3.95. The van der Waals surface area contributed by atoms with E-state index >= 15 is 0 Å². The molecule has 2 amide bonds. The highest BCUT2D eigenvalue weighted by atomic mass is 35.5. The van der Waals surface area contributed by atoms with Gasteiger partial charge in [-0.25, -0.2) is 4.79 Å². The summed E-state index contributed by atoms with van der Waals surface area (Å²) in [5, 5.41) is 11.5. The quantitative estimate of drug-likeness (QED) is 0.252. The molecule has 10 heteroatoms. The van der Waals surface area contributed by atoms with Gasteiger partial charge in [-0.3, -0.25) is 24.6 Å². The van der Waals surface area contributed by atoms with Crippen LogP contribution in [-0.4, -0.2) is 33.6 Å². The summed E-state index contributed by atoms with van der Waals surface area (Å²) < 4.78 is 5.14. The van der Waals surface area contributed by atoms with Crippen LogP contribution in [0.1, 0.15) is 27.6 Å². The van der Waals surface area contributed by atoms with E-state index in [1.165, 1.54) is 37.3 Å². The average Bonchev–Trinajstić information content (AvgIpc) is 2.87. The van der Waals surface area contributed by atoms with Gasteiger partial charge >= 0.3 is 5.97 Å². The molecule has 2 aromatic rings. The highest BCUT2D eigenvalue weighted by Crippen LogP contribution is 2.33. The predicted octanol–water partition coefficient (Wildman–Crippen LogP) is 3.49. The minimum absolute atomic E-state index is 0.000469. The highest BCUT2D eigenvalue weighted by molar-refractivity contribution is 6.35. The first-order valence-corrected chi connectivity index (χ1v) is 8.30. The lowest BCUT2D eigenvalue weighted by molar-refractivity contribution is -0.385. The summed E-state index contributed by atoms with van der Waals surface area (Å²) in [6, 6.07) is 6.54. The third-order valence-corrected chi connectivity index (χ3v) is 4.48. The van der Waals surface area contributed by atoms with Crippen molar-refractivity contribution in [1.29, 1.82) is 0 Å². The molecule has 0 unspecified atom stereocenters. The second kappa shape index (κ2) is 6.98. The number of halogens is 2. The van der Waals surface area contributed by atoms with Crippen LogP contribution in [0.3, 0.4) is 0 Å². The van der Waals surface area contributed by atoms with Crippen LogP contribution in [0.5, 0.6) is 5.75 Å². The Kier molecular flexibility index (Phi) is 4.86. The Morgan fingerprint density at radius 3 is 2.52 bits per heavy atom. The Morgan fingerprint density at radius 2 is 1.89 bits per heavy atom. The average molecular weight is 409 g/mol. The molecule has 0 spiro atoms. The normalized spacial score (nSPS) is 14.1. The van der Waals surface area contributed by atoms with Crippen molar-refractivity contribution in [3.63, 3.8) is 0 Å². The predicted molar refractivity (Wildman–Crippen MR) is 95.2 cm³/mol. The molecule has 0 bridgehead atoms. The van der Waals surface area contributed by atoms with Gasteiger partial charge in [0.2, 0.25) is 0 Å². The molecule has 0 saturated heterocycles. The van der Waals surface area contributed by atoms with Crippen molar-refractivity contribution in [3.05, 3.63) is 67.7 Å². The van der Waals surface area contributed by atoms with Gasteiger partial charge in [0.25, 0.3) is 17.5 Å². The lowest BCUT2D eigenvalue weighted by Crippen LogP contribution is -2.44. The van der Waals surface area contributed by atoms with Crippen molar-refractivity contribution in [2.24, 2.45) is 0 Å². The zero-order valence-electron chi connectivity index (χ0n) is 13.6. The molecule has 1 aliphatic heterocycles. The summed E-state index contributed by atoms with van der Waals surface area (Å²) in [4.78, 5) is 48.5. The lowest BCUT2D eigenvalue weighted by Gasteiger charge is -2.20. The molecule has 2 aromatic carbocycles. The number of carbonyl (C=O) groups is 3. The molecular weight excluding hydrogens is 399 g/mol. The molecule has 8 nitrogen and oxygen atoms in total. The Labute approximate surface area is 162 Å². The molecule has 1 heterocycles. The number of hydrogen-bond acceptors (Lipinski definition) is 6. The fraction of sp³-hybridized carbons (Fsp3) is 0.118. The van der Waals surface area contributed by atoms with E-state index in [9.17, 15) is 24.5 Å². The van der Waals surface area contributed by atoms with E-state index in [-0.39, 0.29) is 21.9 Å². The molecule has 0 radical (unpaired) electrons. The largest absolute Gasteiger partial charge is 0.423 e. The summed E-state index contributed by atoms with van der Waals surface area (Å²) in [6.07, 6.45) is 0. The first-order chi connectivity index (χ1) is 12.7. The molecule has 0 aromatic heterocycles. The number of benzene rings is 2. The smallest absolute Gasteiger partial charge is 0.334 e. The zero-order chi connectivity index (χ0) is 19.9. The van der Waals surface area contributed by atoms with E-state index in [4.69, 9.17) is 27.9 Å². The van der Waals surface area contributed by atoms with Crippen LogP contribution in [0.25, 0.3) is 0 Å². The number of ether oxygens (including phenoxy) is 1. The van der Waals surface area contributed by atoms with Crippen molar-refractivity contribution in [2.45, 2.75) is 13.0 Å². The van der Waals surface area contributed by atoms with Gasteiger partial charge in [0.1, 0.15) is 17.4 Å². The van der Waals surface area contributed by atoms with Crippen LogP contribution in [0.15, 0.2) is 36.4 Å². The van der Waals surface area contributed by atoms with Crippen molar-refractivity contribution < 1.29 is 24.0 Å². The van der Waals surface area contributed by atoms with E-state index in [1.807, 2.05) is 0 Å². The van der Waals surface area contributed by atoms with Gasteiger partial charge in [0, 0.05) is 11.1 Å². The van der Waals surface area contributed by atoms with Gasteiger partial charge in [-0.1, -0.05) is 29.3 Å². The van der Waals surface area contributed by atoms with Gasteiger partial charge in [-0.2, -0.15) is 0 Å². The molecule has 138 valence electrons. The molecule has 0 aliphatic carbocycles. The number of nitro groups is 1. The SMILES string of the molecule is C[C@@H](C(=O)Oc1ccc(Cl)cc1Cl)N1C(=O)c2cccc([N+](=O)[O-])c2C1=O. The number of amides is 2. The fourth-order valence-corrected chi connectivity index (χ4v) is 3.09. The summed E-state index contributed by atoms with van der Waals surface area (Å²) in [6.45, 7) is 1.28. The Balaban J connectivity index is 1.89. The van der Waals surface area contributed by atoms with Gasteiger partial charge in [0.15, 0.2) is 0 Å². The maximum atomic E-state index is 12.6. The van der Waals surface area contributed by atoms with E-state index in [0.29, 0.717) is 9.92 Å². The van der Waals surface area contributed by atoms with Gasteiger partial charge in [-0.15, -0.1) is 0 Å². The Bertz CT molecular complexity index is 1010. The summed E-state index contributed by atoms with van der Waals surface area (Å²) in [5.74, 6) is -2.68. The Morgan fingerprint density at radius 1 is 1.19 bits per heavy atom. The molecule has 0 fully saturated rings. The van der Waals surface area contributed by atoms with Gasteiger partial charge < -0.3 is 4.74 Å². The van der Waals surface area contributed by atoms with Crippen molar-refractivity contribution >= 4 is 46.7 Å². The highest BCUT2D eigenvalue weighted by Gasteiger charge is 2.45. The maximum Gasteiger partial charge on any atom is 0.334 e. The van der Waals surface area contributed by atoms with Gasteiger partial charge in [0.05, 0.1) is 15.5 Å². The van der Waals surface area contributed by atoms with Crippen molar-refractivity contribution in [1.82, 2.24) is 4.90 Å². The van der Waals surface area contributed by atoms with Crippen LogP contribution in [-0.2, 0) is 4.79 Å². The van der Waals surface area contributed by atoms with E-state index < -0.39 is 34.4 Å². The molecule has 27 heavy (non-hydrogen) atoms. The molecule has 1 atom stereocenters. The summed E-state index contributed by atoms with van der Waals surface area (Å²) >= 11 is 11.7. The number of imide groups is 1. The number of rotatable bonds is 4. The van der Waals surface area contributed by atoms with E-state index in [2.05, 4.69) is 0 Å². The number of esters is 1. The van der Waals surface area contributed by atoms with Crippen molar-refractivity contribution in [2.75, 3.05) is 0 Å². The Hall–Kier alpha value is -2.97. The van der Waals surface area contributed by atoms with E-state index in [0.717, 1.165) is 6.07 Å².